The molecule has 0 aromatic heterocycles. The minimum Gasteiger partial charge on any atom is -0.485 e. The third-order valence-corrected chi connectivity index (χ3v) is 5.20. The smallest absolute Gasteiger partial charge is 0.402 e. The van der Waals surface area contributed by atoms with E-state index in [9.17, 15) is 22.0 Å². The summed E-state index contributed by atoms with van der Waals surface area (Å²) < 4.78 is 62.8. The molecule has 0 saturated heterocycles. The van der Waals surface area contributed by atoms with E-state index in [2.05, 4.69) is 6.58 Å². The van der Waals surface area contributed by atoms with Crippen LogP contribution in [0.3, 0.4) is 0 Å². The minimum absolute atomic E-state index is 0.0141. The first-order chi connectivity index (χ1) is 12.5. The van der Waals surface area contributed by atoms with E-state index in [4.69, 9.17) is 9.29 Å². The van der Waals surface area contributed by atoms with Gasteiger partial charge in [0.2, 0.25) is 0 Å². The van der Waals surface area contributed by atoms with Crippen LogP contribution in [0.2, 0.25) is 0 Å². The van der Waals surface area contributed by atoms with Gasteiger partial charge in [0.15, 0.2) is 12.4 Å². The van der Waals surface area contributed by atoms with E-state index in [1.807, 2.05) is 24.3 Å². The molecular formula is C19H16F2O5S. The third kappa shape index (κ3) is 3.38. The summed E-state index contributed by atoms with van der Waals surface area (Å²) in [6, 6.07) is 10.5. The van der Waals surface area contributed by atoms with Crippen LogP contribution in [0.25, 0.3) is 11.1 Å². The number of fused-ring (bicyclic) bond motifs is 3. The normalized spacial score (nSPS) is 13.0. The van der Waals surface area contributed by atoms with E-state index in [0.717, 1.165) is 11.1 Å². The van der Waals surface area contributed by atoms with Crippen LogP contribution >= 0.6 is 0 Å². The fourth-order valence-corrected chi connectivity index (χ4v) is 3.20. The number of carbonyl (C=O) groups excluding carboxylic acids is 1. The van der Waals surface area contributed by atoms with Crippen LogP contribution in [0.4, 0.5) is 8.78 Å². The van der Waals surface area contributed by atoms with E-state index in [1.54, 1.807) is 6.07 Å². The third-order valence-electron chi connectivity index (χ3n) is 4.33. The Labute approximate surface area is 155 Å². The zero-order valence-corrected chi connectivity index (χ0v) is 15.1. The number of allylic oxidation sites excluding steroid dienone is 1. The van der Waals surface area contributed by atoms with E-state index in [1.165, 1.54) is 13.0 Å². The van der Waals surface area contributed by atoms with Gasteiger partial charge in [-0.25, -0.2) is 0 Å². The standard InChI is InChI=1S/C19H16F2O5S/c1-11(2)17(22)15-8-7-14-13-6-4-3-5-12(13)9-16(14)18(15)26-10-19(20,21)27(23,24)25/h3-8H,1,9-10H2,2H3,(H,23,24,25). The maximum Gasteiger partial charge on any atom is 0.402 e. The lowest BCUT2D eigenvalue weighted by Crippen LogP contribution is -2.35. The van der Waals surface area contributed by atoms with Crippen molar-refractivity contribution >= 4 is 15.9 Å². The molecule has 0 aliphatic heterocycles. The Bertz CT molecular complexity index is 1060. The highest BCUT2D eigenvalue weighted by molar-refractivity contribution is 7.86. The van der Waals surface area contributed by atoms with Crippen molar-refractivity contribution in [2.24, 2.45) is 0 Å². The Balaban J connectivity index is 2.10. The molecule has 0 fully saturated rings. The number of rotatable bonds is 6. The molecule has 0 radical (unpaired) electrons. The Morgan fingerprint density at radius 2 is 1.89 bits per heavy atom. The monoisotopic (exact) mass is 394 g/mol. The van der Waals surface area contributed by atoms with Crippen molar-refractivity contribution in [2.75, 3.05) is 6.61 Å². The Morgan fingerprint density at radius 1 is 1.22 bits per heavy atom. The number of alkyl halides is 2. The quantitative estimate of drug-likeness (QED) is 0.390. The highest BCUT2D eigenvalue weighted by Gasteiger charge is 2.45. The summed E-state index contributed by atoms with van der Waals surface area (Å²) in [4.78, 5) is 12.4. The van der Waals surface area contributed by atoms with Crippen molar-refractivity contribution in [1.29, 1.82) is 0 Å². The van der Waals surface area contributed by atoms with Gasteiger partial charge < -0.3 is 4.74 Å². The average molecular weight is 394 g/mol. The number of halogens is 2. The van der Waals surface area contributed by atoms with E-state index in [-0.39, 0.29) is 16.9 Å². The van der Waals surface area contributed by atoms with Gasteiger partial charge in [-0.1, -0.05) is 36.9 Å². The van der Waals surface area contributed by atoms with E-state index in [0.29, 0.717) is 17.5 Å². The van der Waals surface area contributed by atoms with Crippen molar-refractivity contribution in [1.82, 2.24) is 0 Å². The van der Waals surface area contributed by atoms with Crippen LogP contribution in [0.5, 0.6) is 5.75 Å². The first-order valence-electron chi connectivity index (χ1n) is 7.95. The first-order valence-corrected chi connectivity index (χ1v) is 9.39. The van der Waals surface area contributed by atoms with Gasteiger partial charge in [-0.05, 0) is 35.3 Å². The molecule has 3 rings (SSSR count). The molecule has 27 heavy (non-hydrogen) atoms. The van der Waals surface area contributed by atoms with Crippen LogP contribution in [0.15, 0.2) is 48.6 Å². The largest absolute Gasteiger partial charge is 0.485 e. The highest BCUT2D eigenvalue weighted by atomic mass is 32.2. The molecule has 0 amide bonds. The van der Waals surface area contributed by atoms with Gasteiger partial charge in [0, 0.05) is 12.0 Å². The second-order valence-corrected chi connectivity index (χ2v) is 7.86. The number of Topliss-reactive ketones (excluding diaryl/α,β-unsaturated/α-hetero) is 1. The molecule has 1 aliphatic rings. The van der Waals surface area contributed by atoms with Gasteiger partial charge in [-0.2, -0.15) is 17.2 Å². The summed E-state index contributed by atoms with van der Waals surface area (Å²) in [6.45, 7) is 3.42. The van der Waals surface area contributed by atoms with E-state index < -0.39 is 27.8 Å². The van der Waals surface area contributed by atoms with Gasteiger partial charge in [0.25, 0.3) is 0 Å². The number of benzene rings is 2. The van der Waals surface area contributed by atoms with Crippen LogP contribution in [0.1, 0.15) is 28.4 Å². The lowest BCUT2D eigenvalue weighted by Gasteiger charge is -2.18. The molecule has 0 unspecified atom stereocenters. The predicted molar refractivity (Wildman–Crippen MR) is 95.8 cm³/mol. The molecule has 0 bridgehead atoms. The minimum atomic E-state index is -5.65. The number of hydrogen-bond acceptors (Lipinski definition) is 4. The Kier molecular flexibility index (Phi) is 4.65. The lowest BCUT2D eigenvalue weighted by molar-refractivity contribution is 0.0282. The summed E-state index contributed by atoms with van der Waals surface area (Å²) in [7, 11) is -5.65. The molecule has 0 heterocycles. The maximum absolute atomic E-state index is 13.7. The van der Waals surface area contributed by atoms with Crippen molar-refractivity contribution in [3.05, 3.63) is 65.2 Å². The van der Waals surface area contributed by atoms with Crippen LogP contribution in [-0.4, -0.2) is 30.6 Å². The molecular weight excluding hydrogens is 378 g/mol. The SMILES string of the molecule is C=C(C)C(=O)c1ccc2c(c1OCC(F)(F)S(=O)(=O)O)Cc1ccccc1-2. The van der Waals surface area contributed by atoms with Gasteiger partial charge in [0.05, 0.1) is 5.56 Å². The summed E-state index contributed by atoms with van der Waals surface area (Å²) in [5, 5.41) is -4.51. The predicted octanol–water partition coefficient (Wildman–Crippen LogP) is 3.88. The van der Waals surface area contributed by atoms with Gasteiger partial charge in [0.1, 0.15) is 5.75 Å². The summed E-state index contributed by atoms with van der Waals surface area (Å²) in [6.07, 6.45) is 0.343. The van der Waals surface area contributed by atoms with Crippen molar-refractivity contribution in [2.45, 2.75) is 18.6 Å². The molecule has 5 nitrogen and oxygen atoms in total. The number of ketones is 1. The number of hydrogen-bond donors (Lipinski definition) is 1. The Morgan fingerprint density at radius 3 is 2.52 bits per heavy atom. The van der Waals surface area contributed by atoms with Crippen molar-refractivity contribution in [3.63, 3.8) is 0 Å². The van der Waals surface area contributed by atoms with Gasteiger partial charge >= 0.3 is 15.4 Å². The number of carbonyl (C=O) groups is 1. The molecule has 0 spiro atoms. The van der Waals surface area contributed by atoms with Crippen LogP contribution in [0, 0.1) is 0 Å². The zero-order chi connectivity index (χ0) is 20.0. The fourth-order valence-electron chi connectivity index (χ4n) is 2.99. The molecule has 142 valence electrons. The van der Waals surface area contributed by atoms with Crippen LogP contribution < -0.4 is 4.74 Å². The second kappa shape index (κ2) is 6.54. The zero-order valence-electron chi connectivity index (χ0n) is 14.3. The van der Waals surface area contributed by atoms with E-state index >= 15 is 0 Å². The average Bonchev–Trinajstić information content (AvgIpc) is 2.96. The lowest BCUT2D eigenvalue weighted by atomic mass is 9.97. The maximum atomic E-state index is 13.7. The summed E-state index contributed by atoms with van der Waals surface area (Å²) in [5.41, 5.74) is 3.23. The molecule has 1 aliphatic carbocycles. The highest BCUT2D eigenvalue weighted by Crippen LogP contribution is 2.43. The molecule has 8 heteroatoms. The molecule has 0 atom stereocenters. The van der Waals surface area contributed by atoms with Gasteiger partial charge in [-0.15, -0.1) is 0 Å². The summed E-state index contributed by atoms with van der Waals surface area (Å²) >= 11 is 0. The van der Waals surface area contributed by atoms with Crippen LogP contribution in [-0.2, 0) is 16.5 Å². The van der Waals surface area contributed by atoms with Crippen molar-refractivity contribution in [3.8, 4) is 16.9 Å². The van der Waals surface area contributed by atoms with Crippen molar-refractivity contribution < 1.29 is 31.3 Å². The molecule has 2 aromatic rings. The van der Waals surface area contributed by atoms with Gasteiger partial charge in [-0.3, -0.25) is 9.35 Å². The molecule has 2 aromatic carbocycles. The Hall–Kier alpha value is -2.58. The summed E-state index contributed by atoms with van der Waals surface area (Å²) in [5.74, 6) is -0.626. The fraction of sp³-hybridized carbons (Fsp3) is 0.211. The molecule has 0 saturated carbocycles. The molecule has 1 N–H and O–H groups in total. The second-order valence-electron chi connectivity index (χ2n) is 6.31. The number of ether oxygens (including phenoxy) is 1. The topological polar surface area (TPSA) is 80.7 Å². The first kappa shape index (κ1) is 19.2.